The van der Waals surface area contributed by atoms with E-state index in [4.69, 9.17) is 0 Å². The van der Waals surface area contributed by atoms with Gasteiger partial charge in [0.05, 0.1) is 0 Å². The summed E-state index contributed by atoms with van der Waals surface area (Å²) in [5.74, 6) is 0.725. The molecule has 0 heterocycles. The van der Waals surface area contributed by atoms with Crippen LogP contribution in [0.2, 0.25) is 0 Å². The van der Waals surface area contributed by atoms with Crippen LogP contribution in [0.3, 0.4) is 0 Å². The van der Waals surface area contributed by atoms with E-state index in [1.54, 1.807) is 6.20 Å². The van der Waals surface area contributed by atoms with Gasteiger partial charge in [0.15, 0.2) is 0 Å². The van der Waals surface area contributed by atoms with Crippen LogP contribution in [0, 0.1) is 5.92 Å². The first-order valence-electron chi connectivity index (χ1n) is 3.74. The Morgan fingerprint density at radius 2 is 2.27 bits per heavy atom. The Bertz CT molecular complexity index is 208. The van der Waals surface area contributed by atoms with Crippen molar-refractivity contribution in [2.45, 2.75) is 19.8 Å². The minimum absolute atomic E-state index is 0.725. The summed E-state index contributed by atoms with van der Waals surface area (Å²) in [4.78, 5) is 4.10. The monoisotopic (exact) mass is 213 g/mol. The van der Waals surface area contributed by atoms with Gasteiger partial charge in [-0.25, -0.2) is 0 Å². The lowest BCUT2D eigenvalue weighted by Crippen LogP contribution is -1.82. The summed E-state index contributed by atoms with van der Waals surface area (Å²) < 4.78 is 1.04. The SMILES string of the molecule is C=C(C=N/C=C(\C)Br)C1CC1. The van der Waals surface area contributed by atoms with Gasteiger partial charge < -0.3 is 0 Å². The molecule has 1 aliphatic carbocycles. The van der Waals surface area contributed by atoms with Crippen LogP contribution >= 0.6 is 15.9 Å². The molecule has 1 aliphatic rings. The molecule has 0 radical (unpaired) electrons. The standard InChI is InChI=1S/C9H12BrN/c1-7(9-3-4-9)5-11-6-8(2)10/h5-6,9H,1,3-4H2,2H3/b8-6+,11-5?. The summed E-state index contributed by atoms with van der Waals surface area (Å²) in [5, 5.41) is 0. The number of rotatable bonds is 3. The van der Waals surface area contributed by atoms with Gasteiger partial charge in [-0.05, 0) is 31.3 Å². The summed E-state index contributed by atoms with van der Waals surface area (Å²) in [6.07, 6.45) is 6.22. The zero-order chi connectivity index (χ0) is 8.27. The van der Waals surface area contributed by atoms with Crippen molar-refractivity contribution in [2.24, 2.45) is 10.9 Å². The molecule has 0 amide bonds. The van der Waals surface area contributed by atoms with Crippen molar-refractivity contribution in [3.8, 4) is 0 Å². The van der Waals surface area contributed by atoms with E-state index in [1.165, 1.54) is 12.8 Å². The molecular formula is C9H12BrN. The Morgan fingerprint density at radius 1 is 1.64 bits per heavy atom. The minimum Gasteiger partial charge on any atom is -0.264 e. The average Bonchev–Trinajstić information content (AvgIpc) is 2.66. The van der Waals surface area contributed by atoms with E-state index in [0.717, 1.165) is 16.0 Å². The van der Waals surface area contributed by atoms with Gasteiger partial charge in [0.25, 0.3) is 0 Å². The van der Waals surface area contributed by atoms with E-state index >= 15 is 0 Å². The second-order valence-corrected chi connectivity index (χ2v) is 4.09. The number of aliphatic imine (C=N–C) groups is 1. The van der Waals surface area contributed by atoms with Gasteiger partial charge in [0.1, 0.15) is 0 Å². The molecule has 1 nitrogen and oxygen atoms in total. The first-order chi connectivity index (χ1) is 5.20. The van der Waals surface area contributed by atoms with Crippen molar-refractivity contribution in [2.75, 3.05) is 0 Å². The molecule has 0 aromatic heterocycles. The lowest BCUT2D eigenvalue weighted by molar-refractivity contribution is 1.09. The molecule has 0 bridgehead atoms. The van der Waals surface area contributed by atoms with Crippen LogP contribution in [0.4, 0.5) is 0 Å². The van der Waals surface area contributed by atoms with E-state index in [0.29, 0.717) is 0 Å². The normalized spacial score (nSPS) is 19.3. The number of halogens is 1. The number of hydrogen-bond acceptors (Lipinski definition) is 1. The van der Waals surface area contributed by atoms with E-state index in [1.807, 2.05) is 13.1 Å². The lowest BCUT2D eigenvalue weighted by Gasteiger charge is -1.90. The van der Waals surface area contributed by atoms with Gasteiger partial charge in [0, 0.05) is 16.9 Å². The highest BCUT2D eigenvalue weighted by Crippen LogP contribution is 2.34. The van der Waals surface area contributed by atoms with Crippen LogP contribution < -0.4 is 0 Å². The molecule has 1 saturated carbocycles. The summed E-state index contributed by atoms with van der Waals surface area (Å²) in [6, 6.07) is 0. The lowest BCUT2D eigenvalue weighted by atomic mass is 10.2. The molecule has 1 fully saturated rings. The summed E-state index contributed by atoms with van der Waals surface area (Å²) in [7, 11) is 0. The van der Waals surface area contributed by atoms with Crippen LogP contribution in [0.5, 0.6) is 0 Å². The maximum absolute atomic E-state index is 4.10. The largest absolute Gasteiger partial charge is 0.264 e. The maximum Gasteiger partial charge on any atom is 0.0366 e. The zero-order valence-corrected chi connectivity index (χ0v) is 8.26. The topological polar surface area (TPSA) is 12.4 Å². The Hall–Kier alpha value is -0.370. The van der Waals surface area contributed by atoms with Crippen LogP contribution in [0.25, 0.3) is 0 Å². The Balaban J connectivity index is 2.34. The quantitative estimate of drug-likeness (QED) is 0.639. The fourth-order valence-electron chi connectivity index (χ4n) is 0.795. The fraction of sp³-hybridized carbons (Fsp3) is 0.444. The third-order valence-electron chi connectivity index (χ3n) is 1.59. The predicted octanol–water partition coefficient (Wildman–Crippen LogP) is 3.28. The second-order valence-electron chi connectivity index (χ2n) is 2.84. The molecule has 11 heavy (non-hydrogen) atoms. The molecule has 0 spiro atoms. The van der Waals surface area contributed by atoms with Crippen LogP contribution in [0.1, 0.15) is 19.8 Å². The first-order valence-corrected chi connectivity index (χ1v) is 4.53. The highest BCUT2D eigenvalue weighted by atomic mass is 79.9. The average molecular weight is 214 g/mol. The fourth-order valence-corrected chi connectivity index (χ4v) is 0.913. The molecule has 0 N–H and O–H groups in total. The number of nitrogens with zero attached hydrogens (tertiary/aromatic N) is 1. The highest BCUT2D eigenvalue weighted by Gasteiger charge is 2.22. The molecular weight excluding hydrogens is 202 g/mol. The van der Waals surface area contributed by atoms with Gasteiger partial charge in [-0.2, -0.15) is 0 Å². The molecule has 1 rings (SSSR count). The molecule has 0 aromatic carbocycles. The van der Waals surface area contributed by atoms with Crippen molar-refractivity contribution in [3.63, 3.8) is 0 Å². The molecule has 2 heteroatoms. The number of allylic oxidation sites excluding steroid dienone is 2. The Labute approximate surface area is 76.0 Å². The predicted molar refractivity (Wildman–Crippen MR) is 53.0 cm³/mol. The van der Waals surface area contributed by atoms with Crippen molar-refractivity contribution >= 4 is 22.1 Å². The Morgan fingerprint density at radius 3 is 2.73 bits per heavy atom. The minimum atomic E-state index is 0.725. The second kappa shape index (κ2) is 3.86. The van der Waals surface area contributed by atoms with E-state index in [-0.39, 0.29) is 0 Å². The first kappa shape index (κ1) is 8.72. The van der Waals surface area contributed by atoms with Crippen molar-refractivity contribution < 1.29 is 0 Å². The van der Waals surface area contributed by atoms with Gasteiger partial charge in [-0.3, -0.25) is 4.99 Å². The number of hydrogen-bond donors (Lipinski definition) is 0. The molecule has 60 valence electrons. The third kappa shape index (κ3) is 3.51. The van der Waals surface area contributed by atoms with E-state index < -0.39 is 0 Å². The molecule has 0 saturated heterocycles. The van der Waals surface area contributed by atoms with Gasteiger partial charge >= 0.3 is 0 Å². The third-order valence-corrected chi connectivity index (χ3v) is 1.80. The Kier molecular flexibility index (Phi) is 3.06. The maximum atomic E-state index is 4.10. The molecule has 0 atom stereocenters. The summed E-state index contributed by atoms with van der Waals surface area (Å²) >= 11 is 3.29. The van der Waals surface area contributed by atoms with Gasteiger partial charge in [0.2, 0.25) is 0 Å². The molecule has 0 aliphatic heterocycles. The van der Waals surface area contributed by atoms with Crippen LogP contribution in [-0.2, 0) is 0 Å². The van der Waals surface area contributed by atoms with Crippen molar-refractivity contribution in [1.82, 2.24) is 0 Å². The van der Waals surface area contributed by atoms with E-state index in [9.17, 15) is 0 Å². The van der Waals surface area contributed by atoms with Crippen LogP contribution in [0.15, 0.2) is 27.8 Å². The summed E-state index contributed by atoms with van der Waals surface area (Å²) in [5.41, 5.74) is 1.16. The highest BCUT2D eigenvalue weighted by molar-refractivity contribution is 9.11. The van der Waals surface area contributed by atoms with Gasteiger partial charge in [-0.1, -0.05) is 22.5 Å². The van der Waals surface area contributed by atoms with Crippen molar-refractivity contribution in [1.29, 1.82) is 0 Å². The molecule has 0 unspecified atom stereocenters. The molecule has 0 aromatic rings. The zero-order valence-electron chi connectivity index (χ0n) is 6.68. The van der Waals surface area contributed by atoms with Gasteiger partial charge in [-0.15, -0.1) is 0 Å². The van der Waals surface area contributed by atoms with Crippen molar-refractivity contribution in [3.05, 3.63) is 22.8 Å². The smallest absolute Gasteiger partial charge is 0.0366 e. The van der Waals surface area contributed by atoms with Crippen LogP contribution in [-0.4, -0.2) is 6.21 Å². The summed E-state index contributed by atoms with van der Waals surface area (Å²) in [6.45, 7) is 5.88. The van der Waals surface area contributed by atoms with E-state index in [2.05, 4.69) is 27.5 Å².